The summed E-state index contributed by atoms with van der Waals surface area (Å²) >= 11 is 0. The number of nitrogens with one attached hydrogen (secondary N) is 1. The van der Waals surface area contributed by atoms with Crippen LogP contribution in [0.15, 0.2) is 23.2 Å². The van der Waals surface area contributed by atoms with Crippen molar-refractivity contribution in [1.29, 1.82) is 0 Å². The number of rotatable bonds is 8. The average Bonchev–Trinajstić information content (AvgIpc) is 3.10. The smallest absolute Gasteiger partial charge is 0.422 e. The second-order valence-corrected chi connectivity index (χ2v) is 6.40. The van der Waals surface area contributed by atoms with E-state index in [1.807, 2.05) is 0 Å². The van der Waals surface area contributed by atoms with Crippen LogP contribution in [0.1, 0.15) is 25.3 Å². The number of likely N-dealkylation sites (N-methyl/N-ethyl adjacent to an activating group) is 1. The lowest BCUT2D eigenvalue weighted by atomic mass is 10.2. The summed E-state index contributed by atoms with van der Waals surface area (Å²) in [6, 6.07) is 5.14. The van der Waals surface area contributed by atoms with Gasteiger partial charge in [-0.25, -0.2) is 4.99 Å². The number of aliphatic imine (C=N–C) groups is 1. The highest BCUT2D eigenvalue weighted by Gasteiger charge is 2.29. The molecule has 0 aromatic heterocycles. The quantitative estimate of drug-likeness (QED) is 0.529. The predicted octanol–water partition coefficient (Wildman–Crippen LogP) is 2.52. The van der Waals surface area contributed by atoms with E-state index in [0.29, 0.717) is 12.0 Å². The molecule has 1 aromatic rings. The highest BCUT2D eigenvalue weighted by molar-refractivity contribution is 5.77. The van der Waals surface area contributed by atoms with E-state index in [-0.39, 0.29) is 18.0 Å². The molecule has 0 aliphatic carbocycles. The zero-order chi connectivity index (χ0) is 19.9. The van der Waals surface area contributed by atoms with Gasteiger partial charge in [0.25, 0.3) is 0 Å². The summed E-state index contributed by atoms with van der Waals surface area (Å²) in [6.45, 7) is 3.95. The van der Waals surface area contributed by atoms with Crippen LogP contribution in [0.25, 0.3) is 0 Å². The number of halogens is 3. The highest BCUT2D eigenvalue weighted by Crippen LogP contribution is 2.30. The van der Waals surface area contributed by atoms with Crippen molar-refractivity contribution in [2.24, 2.45) is 10.7 Å². The van der Waals surface area contributed by atoms with E-state index in [1.165, 1.54) is 19.6 Å². The van der Waals surface area contributed by atoms with Gasteiger partial charge < -0.3 is 20.5 Å². The molecule has 2 rings (SSSR count). The molecular formula is C18H27F3N4O2. The fraction of sp³-hybridized carbons (Fsp3) is 0.611. The monoisotopic (exact) mass is 388 g/mol. The molecule has 9 heteroatoms. The summed E-state index contributed by atoms with van der Waals surface area (Å²) in [5.74, 6) is 0.604. The Balaban J connectivity index is 1.89. The third-order valence-electron chi connectivity index (χ3n) is 4.48. The first-order chi connectivity index (χ1) is 12.8. The molecule has 6 nitrogen and oxygen atoms in total. The zero-order valence-corrected chi connectivity index (χ0v) is 15.7. The molecular weight excluding hydrogens is 361 g/mol. The van der Waals surface area contributed by atoms with Crippen LogP contribution in [-0.4, -0.2) is 56.4 Å². The number of methoxy groups -OCH3 is 1. The van der Waals surface area contributed by atoms with Crippen molar-refractivity contribution < 1.29 is 22.6 Å². The molecule has 1 heterocycles. The average molecular weight is 388 g/mol. The Bertz CT molecular complexity index is 638. The van der Waals surface area contributed by atoms with Gasteiger partial charge in [-0.05, 0) is 43.6 Å². The molecule has 1 aromatic carbocycles. The summed E-state index contributed by atoms with van der Waals surface area (Å²) < 4.78 is 46.7. The Kier molecular flexibility index (Phi) is 7.58. The van der Waals surface area contributed by atoms with E-state index in [0.717, 1.165) is 31.6 Å². The third kappa shape index (κ3) is 6.82. The normalized spacial score (nSPS) is 18.6. The Morgan fingerprint density at radius 2 is 2.15 bits per heavy atom. The Labute approximate surface area is 157 Å². The first-order valence-corrected chi connectivity index (χ1v) is 8.96. The van der Waals surface area contributed by atoms with Crippen LogP contribution in [0.5, 0.6) is 11.5 Å². The molecule has 1 atom stereocenters. The van der Waals surface area contributed by atoms with Crippen LogP contribution in [0.3, 0.4) is 0 Å². The summed E-state index contributed by atoms with van der Waals surface area (Å²) in [4.78, 5) is 6.69. The van der Waals surface area contributed by atoms with Crippen LogP contribution < -0.4 is 20.5 Å². The lowest BCUT2D eigenvalue weighted by Gasteiger charge is -2.23. The van der Waals surface area contributed by atoms with Gasteiger partial charge in [-0.2, -0.15) is 13.2 Å². The summed E-state index contributed by atoms with van der Waals surface area (Å²) in [5, 5.41) is 3.14. The molecule has 152 valence electrons. The van der Waals surface area contributed by atoms with Crippen molar-refractivity contribution >= 4 is 5.96 Å². The second-order valence-electron chi connectivity index (χ2n) is 6.40. The van der Waals surface area contributed by atoms with Crippen LogP contribution in [0.4, 0.5) is 13.2 Å². The third-order valence-corrected chi connectivity index (χ3v) is 4.48. The topological polar surface area (TPSA) is 72.1 Å². The van der Waals surface area contributed by atoms with Gasteiger partial charge in [0.15, 0.2) is 24.1 Å². The number of nitrogens with zero attached hydrogens (tertiary/aromatic N) is 2. The number of nitrogens with two attached hydrogens (primary N) is 1. The minimum atomic E-state index is -4.40. The van der Waals surface area contributed by atoms with E-state index in [4.69, 9.17) is 15.2 Å². The van der Waals surface area contributed by atoms with Gasteiger partial charge >= 0.3 is 6.18 Å². The zero-order valence-electron chi connectivity index (χ0n) is 15.7. The SMILES string of the molecule is CCN1CCCC1CNC(N)=NCc1ccc(OCC(F)(F)F)c(OC)c1. The number of likely N-dealkylation sites (tertiary alicyclic amines) is 1. The Morgan fingerprint density at radius 1 is 1.37 bits per heavy atom. The summed E-state index contributed by atoms with van der Waals surface area (Å²) in [6.07, 6.45) is -2.06. The molecule has 0 bridgehead atoms. The number of benzene rings is 1. The molecule has 1 unspecified atom stereocenters. The second kappa shape index (κ2) is 9.68. The fourth-order valence-corrected chi connectivity index (χ4v) is 3.09. The minimum absolute atomic E-state index is 0.0366. The van der Waals surface area contributed by atoms with E-state index >= 15 is 0 Å². The minimum Gasteiger partial charge on any atom is -0.493 e. The maximum absolute atomic E-state index is 12.3. The lowest BCUT2D eigenvalue weighted by Crippen LogP contribution is -2.42. The standard InChI is InChI=1S/C18H27F3N4O2/c1-3-25-8-4-5-14(25)11-24-17(22)23-10-13-6-7-15(16(9-13)26-2)27-12-18(19,20)21/h6-7,9,14H,3-5,8,10-12H2,1-2H3,(H3,22,23,24). The van der Waals surface area contributed by atoms with Crippen LogP contribution in [-0.2, 0) is 6.54 Å². The molecule has 27 heavy (non-hydrogen) atoms. The van der Waals surface area contributed by atoms with Crippen LogP contribution >= 0.6 is 0 Å². The predicted molar refractivity (Wildman–Crippen MR) is 98.1 cm³/mol. The van der Waals surface area contributed by atoms with Crippen molar-refractivity contribution in [3.05, 3.63) is 23.8 Å². The number of hydrogen-bond donors (Lipinski definition) is 2. The van der Waals surface area contributed by atoms with Gasteiger partial charge in [0, 0.05) is 12.6 Å². The van der Waals surface area contributed by atoms with Gasteiger partial charge in [0.1, 0.15) is 0 Å². The summed E-state index contributed by atoms with van der Waals surface area (Å²) in [5.41, 5.74) is 6.68. The van der Waals surface area contributed by atoms with Gasteiger partial charge in [0.05, 0.1) is 13.7 Å². The lowest BCUT2D eigenvalue weighted by molar-refractivity contribution is -0.153. The Hall–Kier alpha value is -2.16. The number of alkyl halides is 3. The molecule has 1 fully saturated rings. The molecule has 3 N–H and O–H groups in total. The number of ether oxygens (including phenoxy) is 2. The maximum Gasteiger partial charge on any atom is 0.422 e. The molecule has 0 saturated carbocycles. The van der Waals surface area contributed by atoms with Crippen LogP contribution in [0, 0.1) is 0 Å². The first-order valence-electron chi connectivity index (χ1n) is 8.96. The molecule has 0 spiro atoms. The molecule has 0 amide bonds. The van der Waals surface area contributed by atoms with Crippen molar-refractivity contribution in [2.75, 3.05) is 33.4 Å². The molecule has 1 aliphatic heterocycles. The van der Waals surface area contributed by atoms with E-state index in [9.17, 15) is 13.2 Å². The van der Waals surface area contributed by atoms with Crippen molar-refractivity contribution in [3.8, 4) is 11.5 Å². The number of hydrogen-bond acceptors (Lipinski definition) is 4. The maximum atomic E-state index is 12.3. The van der Waals surface area contributed by atoms with Gasteiger partial charge in [-0.15, -0.1) is 0 Å². The van der Waals surface area contributed by atoms with E-state index in [2.05, 4.69) is 22.1 Å². The van der Waals surface area contributed by atoms with Gasteiger partial charge in [-0.1, -0.05) is 13.0 Å². The van der Waals surface area contributed by atoms with Gasteiger partial charge in [0.2, 0.25) is 0 Å². The van der Waals surface area contributed by atoms with Crippen molar-refractivity contribution in [2.45, 2.75) is 38.5 Å². The summed E-state index contributed by atoms with van der Waals surface area (Å²) in [7, 11) is 1.37. The molecule has 0 radical (unpaired) electrons. The first kappa shape index (κ1) is 21.1. The van der Waals surface area contributed by atoms with Crippen molar-refractivity contribution in [3.63, 3.8) is 0 Å². The fourth-order valence-electron chi connectivity index (χ4n) is 3.09. The van der Waals surface area contributed by atoms with E-state index in [1.54, 1.807) is 12.1 Å². The van der Waals surface area contributed by atoms with Crippen LogP contribution in [0.2, 0.25) is 0 Å². The molecule has 1 aliphatic rings. The Morgan fingerprint density at radius 3 is 2.81 bits per heavy atom. The molecule has 1 saturated heterocycles. The van der Waals surface area contributed by atoms with Gasteiger partial charge in [-0.3, -0.25) is 4.90 Å². The van der Waals surface area contributed by atoms with E-state index < -0.39 is 12.8 Å². The largest absolute Gasteiger partial charge is 0.493 e. The van der Waals surface area contributed by atoms with Crippen molar-refractivity contribution in [1.82, 2.24) is 10.2 Å². The highest BCUT2D eigenvalue weighted by atomic mass is 19.4. The number of guanidine groups is 1.